The average molecular weight is 244 g/mol. The van der Waals surface area contributed by atoms with Gasteiger partial charge in [0.1, 0.15) is 0 Å². The van der Waals surface area contributed by atoms with Gasteiger partial charge in [-0.2, -0.15) is 0 Å². The molecule has 5 heteroatoms. The Morgan fingerprint density at radius 1 is 0.400 bits per heavy atom. The van der Waals surface area contributed by atoms with Gasteiger partial charge in [-0.1, -0.05) is 0 Å². The molecule has 0 spiro atoms. The Balaban J connectivity index is 0. The zero-order valence-corrected chi connectivity index (χ0v) is 7.14. The molecular weight excluding hydrogens is 240 g/mol. The molecule has 1 radical (unpaired) electrons. The number of hydrogen-bond acceptors (Lipinski definition) is 0. The van der Waals surface area contributed by atoms with Crippen LogP contribution in [0.4, 0.5) is 0 Å². The fourth-order valence-electron chi connectivity index (χ4n) is 0. The maximum Gasteiger partial charge on any atom is 0 e. The largest absolute Gasteiger partial charge is 0.147 e. The van der Waals surface area contributed by atoms with Gasteiger partial charge in [0.05, 0.1) is 0 Å². The van der Waals surface area contributed by atoms with E-state index >= 15 is 0 Å². The Labute approximate surface area is 69.5 Å². The summed E-state index contributed by atoms with van der Waals surface area (Å²) in [6.45, 7) is 0. The Morgan fingerprint density at radius 3 is 0.400 bits per heavy atom. The van der Waals surface area contributed by atoms with Crippen LogP contribution < -0.4 is 0 Å². The van der Waals surface area contributed by atoms with E-state index in [1.807, 2.05) is 0 Å². The summed E-state index contributed by atoms with van der Waals surface area (Å²) in [6.07, 6.45) is 0. The first-order valence-corrected chi connectivity index (χ1v) is 0. The van der Waals surface area contributed by atoms with Crippen molar-refractivity contribution >= 4 is 49.6 Å². The van der Waals surface area contributed by atoms with Crippen LogP contribution in [-0.2, 0) is 20.1 Å². The quantitative estimate of drug-likeness (QED) is 0.608. The summed E-state index contributed by atoms with van der Waals surface area (Å²) in [5.41, 5.74) is 0. The van der Waals surface area contributed by atoms with Crippen molar-refractivity contribution in [2.24, 2.45) is 0 Å². The summed E-state index contributed by atoms with van der Waals surface area (Å²) < 4.78 is 0. The molecule has 0 aliphatic heterocycles. The zero-order valence-electron chi connectivity index (χ0n) is 2.01. The molecule has 0 aliphatic rings. The van der Waals surface area contributed by atoms with Crippen molar-refractivity contribution in [2.75, 3.05) is 0 Å². The molecule has 0 aliphatic carbocycles. The summed E-state index contributed by atoms with van der Waals surface area (Å²) in [5.74, 6) is 0. The van der Waals surface area contributed by atoms with Gasteiger partial charge in [-0.15, -0.1) is 49.6 Å². The Kier molecular flexibility index (Phi) is 576. The molecular formula is H4Cl4Tc. The molecule has 0 N–H and O–H groups in total. The van der Waals surface area contributed by atoms with Crippen molar-refractivity contribution in [1.29, 1.82) is 0 Å². The second-order valence-electron chi connectivity index (χ2n) is 0. The molecule has 0 saturated heterocycles. The SMILES string of the molecule is Cl.Cl.Cl.Cl.[Tc]. The number of rotatable bonds is 0. The molecule has 0 aromatic carbocycles. The van der Waals surface area contributed by atoms with E-state index in [9.17, 15) is 0 Å². The van der Waals surface area contributed by atoms with Gasteiger partial charge in [-0.05, 0) is 0 Å². The van der Waals surface area contributed by atoms with Gasteiger partial charge in [0.2, 0.25) is 0 Å². The van der Waals surface area contributed by atoms with Crippen molar-refractivity contribution in [3.8, 4) is 0 Å². The van der Waals surface area contributed by atoms with Crippen LogP contribution in [0.25, 0.3) is 0 Å². The molecule has 5 heavy (non-hydrogen) atoms. The third kappa shape index (κ3) is 25.8. The molecule has 0 saturated carbocycles. The van der Waals surface area contributed by atoms with Crippen molar-refractivity contribution in [2.45, 2.75) is 0 Å². The van der Waals surface area contributed by atoms with Gasteiger partial charge in [0.15, 0.2) is 0 Å². The van der Waals surface area contributed by atoms with Crippen LogP contribution in [0.15, 0.2) is 0 Å². The predicted molar refractivity (Wildman–Crippen MR) is 29.0 cm³/mol. The minimum Gasteiger partial charge on any atom is -0.147 e. The third-order valence-corrected chi connectivity index (χ3v) is 0. The van der Waals surface area contributed by atoms with Gasteiger partial charge < -0.3 is 0 Å². The van der Waals surface area contributed by atoms with Gasteiger partial charge in [0, 0.05) is 20.1 Å². The van der Waals surface area contributed by atoms with E-state index < -0.39 is 0 Å². The van der Waals surface area contributed by atoms with Crippen molar-refractivity contribution in [1.82, 2.24) is 0 Å². The number of halogens is 4. The van der Waals surface area contributed by atoms with Crippen LogP contribution in [-0.4, -0.2) is 0 Å². The smallest absolute Gasteiger partial charge is 0 e. The van der Waals surface area contributed by atoms with E-state index in [0.29, 0.717) is 0 Å². The molecule has 0 aromatic rings. The first-order valence-electron chi connectivity index (χ1n) is 0. The third-order valence-electron chi connectivity index (χ3n) is 0. The fourth-order valence-corrected chi connectivity index (χ4v) is 0. The summed E-state index contributed by atoms with van der Waals surface area (Å²) in [5, 5.41) is 0. The van der Waals surface area contributed by atoms with Crippen molar-refractivity contribution < 1.29 is 20.1 Å². The number of hydrogen-bond donors (Lipinski definition) is 0. The molecule has 0 unspecified atom stereocenters. The maximum absolute atomic E-state index is 0. The molecule has 0 amide bonds. The molecule has 0 rings (SSSR count). The monoisotopic (exact) mass is 241 g/mol. The standard InChI is InChI=1S/4ClH.Tc/h4*1H;. The fraction of sp³-hybridized carbons (Fsp3) is 0. The van der Waals surface area contributed by atoms with Crippen LogP contribution in [0.2, 0.25) is 0 Å². The van der Waals surface area contributed by atoms with Crippen molar-refractivity contribution in [3.05, 3.63) is 0 Å². The van der Waals surface area contributed by atoms with Gasteiger partial charge in [0.25, 0.3) is 0 Å². The summed E-state index contributed by atoms with van der Waals surface area (Å²) >= 11 is 0. The summed E-state index contributed by atoms with van der Waals surface area (Å²) in [7, 11) is 0. The van der Waals surface area contributed by atoms with E-state index in [0.717, 1.165) is 0 Å². The first kappa shape index (κ1) is 70.2. The molecule has 0 aromatic heterocycles. The summed E-state index contributed by atoms with van der Waals surface area (Å²) in [4.78, 5) is 0. The molecule has 0 nitrogen and oxygen atoms in total. The molecule has 0 atom stereocenters. The van der Waals surface area contributed by atoms with Crippen LogP contribution in [0.5, 0.6) is 0 Å². The normalized spacial score (nSPS) is 0. The predicted octanol–water partition coefficient (Wildman–Crippen LogP) is 1.68. The van der Waals surface area contributed by atoms with Crippen LogP contribution >= 0.6 is 49.6 Å². The minimum absolute atomic E-state index is 0. The minimum atomic E-state index is 0. The summed E-state index contributed by atoms with van der Waals surface area (Å²) in [6, 6.07) is 0. The van der Waals surface area contributed by atoms with Gasteiger partial charge >= 0.3 is 0 Å². The molecule has 0 bridgehead atoms. The second-order valence-corrected chi connectivity index (χ2v) is 0. The topological polar surface area (TPSA) is 0 Å². The first-order chi connectivity index (χ1) is 0. The van der Waals surface area contributed by atoms with Crippen LogP contribution in [0.3, 0.4) is 0 Å². The Morgan fingerprint density at radius 2 is 0.400 bits per heavy atom. The van der Waals surface area contributed by atoms with E-state index in [1.165, 1.54) is 0 Å². The molecule has 0 heterocycles. The zero-order chi connectivity index (χ0) is 0. The molecule has 39 valence electrons. The van der Waals surface area contributed by atoms with E-state index in [1.54, 1.807) is 0 Å². The van der Waals surface area contributed by atoms with E-state index in [-0.39, 0.29) is 69.7 Å². The maximum atomic E-state index is 0. The van der Waals surface area contributed by atoms with Gasteiger partial charge in [-0.3, -0.25) is 0 Å². The van der Waals surface area contributed by atoms with E-state index in [2.05, 4.69) is 0 Å². The van der Waals surface area contributed by atoms with Crippen molar-refractivity contribution in [3.63, 3.8) is 0 Å². The second kappa shape index (κ2) is 41.0. The average Bonchev–Trinajstić information content (AvgIpc) is 0. The Hall–Kier alpha value is 1.81. The molecule has 0 fully saturated rings. The van der Waals surface area contributed by atoms with E-state index in [4.69, 9.17) is 0 Å². The van der Waals surface area contributed by atoms with Crippen LogP contribution in [0.1, 0.15) is 0 Å². The van der Waals surface area contributed by atoms with Crippen LogP contribution in [0, 0.1) is 0 Å². The Bertz CT molecular complexity index is 3.61. The van der Waals surface area contributed by atoms with Gasteiger partial charge in [-0.25, -0.2) is 0 Å².